The molecule has 0 aromatic rings. The van der Waals surface area contributed by atoms with Gasteiger partial charge in [-0.2, -0.15) is 0 Å². The summed E-state index contributed by atoms with van der Waals surface area (Å²) in [6.45, 7) is -0.0438. The molecule has 1 N–H and O–H groups in total. The Morgan fingerprint density at radius 1 is 1.55 bits per heavy atom. The molecule has 0 radical (unpaired) electrons. The van der Waals surface area contributed by atoms with E-state index in [-0.39, 0.29) is 12.2 Å². The number of aliphatic hydroxyl groups is 1. The minimum atomic E-state index is -0.124. The molecule has 1 heterocycles. The molecular formula is C9H12O2. The van der Waals surface area contributed by atoms with Crippen LogP contribution in [-0.4, -0.2) is 23.4 Å². The predicted octanol–water partition coefficient (Wildman–Crippen LogP) is 0.694. The standard InChI is InChI=1S/C9H12O2/c10-7-3-6-9-5-2-1-4-8(9)11-9/h8,10H,1-2,4-5,7H2. The van der Waals surface area contributed by atoms with Crippen molar-refractivity contribution in [1.29, 1.82) is 0 Å². The maximum Gasteiger partial charge on any atom is 0.155 e. The minimum absolute atomic E-state index is 0.0438. The Morgan fingerprint density at radius 2 is 2.45 bits per heavy atom. The van der Waals surface area contributed by atoms with Crippen molar-refractivity contribution < 1.29 is 9.84 Å². The lowest BCUT2D eigenvalue weighted by Gasteiger charge is -2.09. The SMILES string of the molecule is OCC#CC12CCCCC1O2. The molecule has 1 aliphatic carbocycles. The van der Waals surface area contributed by atoms with Crippen molar-refractivity contribution in [2.45, 2.75) is 37.4 Å². The van der Waals surface area contributed by atoms with Gasteiger partial charge in [0.15, 0.2) is 5.60 Å². The number of fused-ring (bicyclic) bond motifs is 1. The van der Waals surface area contributed by atoms with E-state index < -0.39 is 0 Å². The number of epoxide rings is 1. The Kier molecular flexibility index (Phi) is 1.63. The van der Waals surface area contributed by atoms with Crippen molar-refractivity contribution in [3.05, 3.63) is 0 Å². The lowest BCUT2D eigenvalue weighted by atomic mass is 9.90. The molecule has 0 aromatic heterocycles. The van der Waals surface area contributed by atoms with Gasteiger partial charge in [0, 0.05) is 0 Å². The highest BCUT2D eigenvalue weighted by atomic mass is 16.6. The Hall–Kier alpha value is -0.520. The van der Waals surface area contributed by atoms with E-state index in [1.165, 1.54) is 12.8 Å². The van der Waals surface area contributed by atoms with Gasteiger partial charge in [0.2, 0.25) is 0 Å². The van der Waals surface area contributed by atoms with Gasteiger partial charge in [0.1, 0.15) is 6.61 Å². The van der Waals surface area contributed by atoms with Gasteiger partial charge in [-0.3, -0.25) is 0 Å². The van der Waals surface area contributed by atoms with Gasteiger partial charge < -0.3 is 9.84 Å². The average molecular weight is 152 g/mol. The molecular weight excluding hydrogens is 140 g/mol. The maximum atomic E-state index is 8.50. The third kappa shape index (κ3) is 1.15. The van der Waals surface area contributed by atoms with Crippen LogP contribution in [0.1, 0.15) is 25.7 Å². The van der Waals surface area contributed by atoms with Gasteiger partial charge >= 0.3 is 0 Å². The summed E-state index contributed by atoms with van der Waals surface area (Å²) in [6, 6.07) is 0. The second-order valence-electron chi connectivity index (χ2n) is 3.20. The topological polar surface area (TPSA) is 32.8 Å². The fourth-order valence-corrected chi connectivity index (χ4v) is 1.81. The molecule has 0 spiro atoms. The molecule has 2 atom stereocenters. The van der Waals surface area contributed by atoms with Crippen LogP contribution in [0.15, 0.2) is 0 Å². The maximum absolute atomic E-state index is 8.50. The first-order valence-corrected chi connectivity index (χ1v) is 4.16. The van der Waals surface area contributed by atoms with E-state index in [4.69, 9.17) is 9.84 Å². The van der Waals surface area contributed by atoms with E-state index in [0.29, 0.717) is 6.10 Å². The van der Waals surface area contributed by atoms with Gasteiger partial charge in [0.25, 0.3) is 0 Å². The molecule has 2 fully saturated rings. The fourth-order valence-electron chi connectivity index (χ4n) is 1.81. The number of ether oxygens (including phenoxy) is 1. The zero-order chi connectivity index (χ0) is 7.73. The lowest BCUT2D eigenvalue weighted by molar-refractivity contribution is 0.332. The number of aliphatic hydroxyl groups excluding tert-OH is 1. The van der Waals surface area contributed by atoms with E-state index >= 15 is 0 Å². The normalized spacial score (nSPS) is 40.3. The Bertz CT molecular complexity index is 213. The Morgan fingerprint density at radius 3 is 3.18 bits per heavy atom. The van der Waals surface area contributed by atoms with Crippen molar-refractivity contribution in [3.63, 3.8) is 0 Å². The van der Waals surface area contributed by atoms with Gasteiger partial charge in [-0.15, -0.1) is 0 Å². The van der Waals surface area contributed by atoms with Gasteiger partial charge in [-0.1, -0.05) is 18.3 Å². The molecule has 1 aliphatic heterocycles. The number of rotatable bonds is 0. The summed E-state index contributed by atoms with van der Waals surface area (Å²) >= 11 is 0. The summed E-state index contributed by atoms with van der Waals surface area (Å²) in [7, 11) is 0. The summed E-state index contributed by atoms with van der Waals surface area (Å²) in [6.07, 6.45) is 5.09. The Balaban J connectivity index is 2.02. The van der Waals surface area contributed by atoms with Crippen LogP contribution < -0.4 is 0 Å². The smallest absolute Gasteiger partial charge is 0.155 e. The molecule has 11 heavy (non-hydrogen) atoms. The van der Waals surface area contributed by atoms with E-state index in [9.17, 15) is 0 Å². The quantitative estimate of drug-likeness (QED) is 0.409. The molecule has 2 unspecified atom stereocenters. The van der Waals surface area contributed by atoms with Gasteiger partial charge in [0.05, 0.1) is 6.10 Å². The van der Waals surface area contributed by atoms with Crippen molar-refractivity contribution in [2.24, 2.45) is 0 Å². The molecule has 2 aliphatic rings. The minimum Gasteiger partial charge on any atom is -0.384 e. The van der Waals surface area contributed by atoms with E-state index in [1.54, 1.807) is 0 Å². The highest BCUT2D eigenvalue weighted by Crippen LogP contribution is 2.47. The van der Waals surface area contributed by atoms with E-state index in [0.717, 1.165) is 12.8 Å². The van der Waals surface area contributed by atoms with Crippen LogP contribution in [0.3, 0.4) is 0 Å². The summed E-state index contributed by atoms with van der Waals surface area (Å²) in [5, 5.41) is 8.50. The summed E-state index contributed by atoms with van der Waals surface area (Å²) in [4.78, 5) is 0. The lowest BCUT2D eigenvalue weighted by Crippen LogP contribution is -2.16. The van der Waals surface area contributed by atoms with Crippen LogP contribution in [0.2, 0.25) is 0 Å². The molecule has 0 aromatic carbocycles. The number of hydrogen-bond donors (Lipinski definition) is 1. The summed E-state index contributed by atoms with van der Waals surface area (Å²) in [5.74, 6) is 5.68. The van der Waals surface area contributed by atoms with Crippen molar-refractivity contribution in [2.75, 3.05) is 6.61 Å². The van der Waals surface area contributed by atoms with Crippen LogP contribution in [0.5, 0.6) is 0 Å². The monoisotopic (exact) mass is 152 g/mol. The highest BCUT2D eigenvalue weighted by Gasteiger charge is 2.56. The third-order valence-corrected chi connectivity index (χ3v) is 2.46. The molecule has 60 valence electrons. The van der Waals surface area contributed by atoms with Crippen molar-refractivity contribution >= 4 is 0 Å². The van der Waals surface area contributed by atoms with Crippen LogP contribution in [0, 0.1) is 11.8 Å². The molecule has 0 amide bonds. The van der Waals surface area contributed by atoms with Crippen LogP contribution in [0.25, 0.3) is 0 Å². The average Bonchev–Trinajstić information content (AvgIpc) is 2.75. The molecule has 1 saturated heterocycles. The largest absolute Gasteiger partial charge is 0.384 e. The third-order valence-electron chi connectivity index (χ3n) is 2.46. The molecule has 2 heteroatoms. The molecule has 1 saturated carbocycles. The fraction of sp³-hybridized carbons (Fsp3) is 0.778. The zero-order valence-electron chi connectivity index (χ0n) is 6.47. The molecule has 0 bridgehead atoms. The zero-order valence-corrected chi connectivity index (χ0v) is 6.47. The van der Waals surface area contributed by atoms with Crippen LogP contribution in [-0.2, 0) is 4.74 Å². The number of hydrogen-bond acceptors (Lipinski definition) is 2. The Labute approximate surface area is 66.6 Å². The van der Waals surface area contributed by atoms with Gasteiger partial charge in [-0.05, 0) is 19.3 Å². The second-order valence-corrected chi connectivity index (χ2v) is 3.20. The molecule has 2 rings (SSSR count). The first-order valence-electron chi connectivity index (χ1n) is 4.16. The van der Waals surface area contributed by atoms with Gasteiger partial charge in [-0.25, -0.2) is 0 Å². The van der Waals surface area contributed by atoms with E-state index in [2.05, 4.69) is 11.8 Å². The van der Waals surface area contributed by atoms with E-state index in [1.807, 2.05) is 0 Å². The van der Waals surface area contributed by atoms with Crippen molar-refractivity contribution in [3.8, 4) is 11.8 Å². The van der Waals surface area contributed by atoms with Crippen molar-refractivity contribution in [1.82, 2.24) is 0 Å². The second kappa shape index (κ2) is 2.51. The first-order chi connectivity index (χ1) is 5.37. The predicted molar refractivity (Wildman–Crippen MR) is 40.9 cm³/mol. The first kappa shape index (κ1) is 7.15. The summed E-state index contributed by atoms with van der Waals surface area (Å²) < 4.78 is 5.48. The van der Waals surface area contributed by atoms with Crippen LogP contribution in [0.4, 0.5) is 0 Å². The summed E-state index contributed by atoms with van der Waals surface area (Å²) in [5.41, 5.74) is -0.124. The molecule has 2 nitrogen and oxygen atoms in total. The highest BCUT2D eigenvalue weighted by molar-refractivity contribution is 5.26. The van der Waals surface area contributed by atoms with Crippen LogP contribution >= 0.6 is 0 Å².